The van der Waals surface area contributed by atoms with Crippen LogP contribution in [0.2, 0.25) is 0 Å². The summed E-state index contributed by atoms with van der Waals surface area (Å²) in [5, 5.41) is 7.61. The van der Waals surface area contributed by atoms with Crippen LogP contribution in [0.3, 0.4) is 0 Å². The maximum absolute atomic E-state index is 12.8. The molecule has 0 bridgehead atoms. The molecule has 1 aromatic carbocycles. The molecule has 0 spiro atoms. The summed E-state index contributed by atoms with van der Waals surface area (Å²) in [5.74, 6) is 1.87. The van der Waals surface area contributed by atoms with Gasteiger partial charge in [0.2, 0.25) is 0 Å². The van der Waals surface area contributed by atoms with Crippen LogP contribution in [0.25, 0.3) is 0 Å². The lowest BCUT2D eigenvalue weighted by molar-refractivity contribution is 0.0935. The molecule has 144 valence electrons. The van der Waals surface area contributed by atoms with Gasteiger partial charge in [0.15, 0.2) is 11.5 Å². The van der Waals surface area contributed by atoms with E-state index in [0.717, 1.165) is 34.7 Å². The standard InChI is InChI=1S/C21H26N2O3S/c1-12(2)11-26-15-9-8-13(10-16(15)25-3)19-22-20(24)18-14-6-4-5-7-17(14)27-21(18)23-19/h8-10,12,19,23H,4-7,11H2,1-3H3,(H,22,24). The van der Waals surface area contributed by atoms with Gasteiger partial charge in [-0.1, -0.05) is 19.9 Å². The van der Waals surface area contributed by atoms with Crippen molar-refractivity contribution < 1.29 is 14.3 Å². The average Bonchev–Trinajstić information content (AvgIpc) is 3.05. The van der Waals surface area contributed by atoms with E-state index < -0.39 is 0 Å². The number of amides is 1. The van der Waals surface area contributed by atoms with Gasteiger partial charge in [0.25, 0.3) is 5.91 Å². The molecule has 1 amide bonds. The van der Waals surface area contributed by atoms with Gasteiger partial charge in [-0.05, 0) is 54.9 Å². The minimum atomic E-state index is -0.266. The summed E-state index contributed by atoms with van der Waals surface area (Å²) >= 11 is 1.74. The predicted molar refractivity (Wildman–Crippen MR) is 108 cm³/mol. The smallest absolute Gasteiger partial charge is 0.256 e. The van der Waals surface area contributed by atoms with Gasteiger partial charge in [-0.25, -0.2) is 0 Å². The Kier molecular flexibility index (Phi) is 5.00. The van der Waals surface area contributed by atoms with E-state index in [4.69, 9.17) is 9.47 Å². The first-order valence-electron chi connectivity index (χ1n) is 9.59. The molecule has 27 heavy (non-hydrogen) atoms. The molecular weight excluding hydrogens is 360 g/mol. The molecule has 0 saturated heterocycles. The van der Waals surface area contributed by atoms with Crippen molar-refractivity contribution in [1.82, 2.24) is 5.32 Å². The van der Waals surface area contributed by atoms with E-state index >= 15 is 0 Å². The molecule has 5 nitrogen and oxygen atoms in total. The number of fused-ring (bicyclic) bond motifs is 3. The average molecular weight is 387 g/mol. The Bertz CT molecular complexity index is 859. The zero-order valence-corrected chi connectivity index (χ0v) is 16.9. The number of hydrogen-bond acceptors (Lipinski definition) is 5. The Morgan fingerprint density at radius 3 is 2.78 bits per heavy atom. The minimum Gasteiger partial charge on any atom is -0.493 e. The summed E-state index contributed by atoms with van der Waals surface area (Å²) in [6, 6.07) is 5.83. The summed E-state index contributed by atoms with van der Waals surface area (Å²) < 4.78 is 11.3. The SMILES string of the molecule is COc1cc(C2NC(=O)c3c(sc4c3CCCC4)N2)ccc1OCC(C)C. The zero-order valence-electron chi connectivity index (χ0n) is 16.1. The molecule has 2 aliphatic rings. The highest BCUT2D eigenvalue weighted by atomic mass is 32.1. The molecule has 1 aromatic heterocycles. The number of carbonyl (C=O) groups is 1. The van der Waals surface area contributed by atoms with Crippen molar-refractivity contribution in [2.75, 3.05) is 19.0 Å². The van der Waals surface area contributed by atoms with E-state index in [1.54, 1.807) is 18.4 Å². The Morgan fingerprint density at radius 2 is 2.00 bits per heavy atom. The molecule has 1 atom stereocenters. The van der Waals surface area contributed by atoms with Crippen molar-refractivity contribution >= 4 is 22.2 Å². The monoisotopic (exact) mass is 386 g/mol. The molecule has 1 unspecified atom stereocenters. The van der Waals surface area contributed by atoms with Crippen molar-refractivity contribution in [2.45, 2.75) is 45.7 Å². The van der Waals surface area contributed by atoms with Crippen LogP contribution in [-0.4, -0.2) is 19.6 Å². The van der Waals surface area contributed by atoms with Gasteiger partial charge in [0, 0.05) is 4.88 Å². The van der Waals surface area contributed by atoms with E-state index in [0.29, 0.717) is 18.3 Å². The number of hydrogen-bond donors (Lipinski definition) is 2. The van der Waals surface area contributed by atoms with E-state index in [2.05, 4.69) is 24.5 Å². The van der Waals surface area contributed by atoms with Gasteiger partial charge < -0.3 is 20.1 Å². The Morgan fingerprint density at radius 1 is 1.19 bits per heavy atom. The normalized spacial score (nSPS) is 18.4. The van der Waals surface area contributed by atoms with Gasteiger partial charge >= 0.3 is 0 Å². The highest BCUT2D eigenvalue weighted by Gasteiger charge is 2.32. The highest BCUT2D eigenvalue weighted by molar-refractivity contribution is 7.16. The van der Waals surface area contributed by atoms with Crippen molar-refractivity contribution in [1.29, 1.82) is 0 Å². The van der Waals surface area contributed by atoms with E-state index in [1.807, 2.05) is 18.2 Å². The van der Waals surface area contributed by atoms with Crippen LogP contribution in [0.5, 0.6) is 11.5 Å². The second-order valence-electron chi connectivity index (χ2n) is 7.58. The van der Waals surface area contributed by atoms with Crippen LogP contribution < -0.4 is 20.1 Å². The number of benzene rings is 1. The third-order valence-corrected chi connectivity index (χ3v) is 6.27. The number of aryl methyl sites for hydroxylation is 1. The molecule has 1 aliphatic heterocycles. The molecule has 2 aromatic rings. The molecular formula is C21H26N2O3S. The number of ether oxygens (including phenoxy) is 2. The largest absolute Gasteiger partial charge is 0.493 e. The van der Waals surface area contributed by atoms with Crippen molar-refractivity contribution in [3.63, 3.8) is 0 Å². The molecule has 2 heterocycles. The van der Waals surface area contributed by atoms with Crippen LogP contribution >= 0.6 is 11.3 Å². The van der Waals surface area contributed by atoms with E-state index in [1.165, 1.54) is 23.3 Å². The molecule has 2 N–H and O–H groups in total. The quantitative estimate of drug-likeness (QED) is 0.793. The molecule has 0 radical (unpaired) electrons. The predicted octanol–water partition coefficient (Wildman–Crippen LogP) is 4.52. The van der Waals surface area contributed by atoms with Crippen LogP contribution in [-0.2, 0) is 12.8 Å². The summed E-state index contributed by atoms with van der Waals surface area (Å²) in [4.78, 5) is 14.2. The number of rotatable bonds is 5. The fraction of sp³-hybridized carbons (Fsp3) is 0.476. The Balaban J connectivity index is 1.59. The first-order chi connectivity index (χ1) is 13.1. The zero-order chi connectivity index (χ0) is 19.0. The van der Waals surface area contributed by atoms with Gasteiger partial charge in [0.1, 0.15) is 11.2 Å². The van der Waals surface area contributed by atoms with Crippen LogP contribution in [0.1, 0.15) is 59.2 Å². The van der Waals surface area contributed by atoms with Gasteiger partial charge in [-0.15, -0.1) is 11.3 Å². The lowest BCUT2D eigenvalue weighted by Gasteiger charge is -2.27. The first-order valence-corrected chi connectivity index (χ1v) is 10.4. The molecule has 0 saturated carbocycles. The number of nitrogens with one attached hydrogen (secondary N) is 2. The molecule has 0 fully saturated rings. The van der Waals surface area contributed by atoms with Gasteiger partial charge in [-0.3, -0.25) is 4.79 Å². The van der Waals surface area contributed by atoms with Crippen LogP contribution in [0.15, 0.2) is 18.2 Å². The number of anilines is 1. The summed E-state index contributed by atoms with van der Waals surface area (Å²) in [7, 11) is 1.64. The maximum Gasteiger partial charge on any atom is 0.256 e. The van der Waals surface area contributed by atoms with E-state index in [-0.39, 0.29) is 12.1 Å². The number of methoxy groups -OCH3 is 1. The van der Waals surface area contributed by atoms with Crippen LogP contribution in [0.4, 0.5) is 5.00 Å². The molecule has 6 heteroatoms. The van der Waals surface area contributed by atoms with Crippen molar-refractivity contribution in [3.05, 3.63) is 39.8 Å². The first kappa shape index (κ1) is 18.2. The number of carbonyl (C=O) groups excluding carboxylic acids is 1. The Labute approximate surface area is 164 Å². The third kappa shape index (κ3) is 3.50. The van der Waals surface area contributed by atoms with Crippen molar-refractivity contribution in [2.24, 2.45) is 5.92 Å². The topological polar surface area (TPSA) is 59.6 Å². The molecule has 1 aliphatic carbocycles. The summed E-state index contributed by atoms with van der Waals surface area (Å²) in [6.45, 7) is 4.86. The third-order valence-electron chi connectivity index (χ3n) is 5.04. The minimum absolute atomic E-state index is 0.0206. The van der Waals surface area contributed by atoms with E-state index in [9.17, 15) is 4.79 Å². The Hall–Kier alpha value is -2.21. The fourth-order valence-corrected chi connectivity index (χ4v) is 5.00. The molecule has 4 rings (SSSR count). The summed E-state index contributed by atoms with van der Waals surface area (Å²) in [5.41, 5.74) is 3.06. The lowest BCUT2D eigenvalue weighted by Crippen LogP contribution is -2.38. The maximum atomic E-state index is 12.8. The lowest BCUT2D eigenvalue weighted by atomic mass is 9.94. The van der Waals surface area contributed by atoms with Crippen LogP contribution in [0, 0.1) is 5.92 Å². The summed E-state index contributed by atoms with van der Waals surface area (Å²) in [6.07, 6.45) is 4.21. The second kappa shape index (κ2) is 7.43. The highest BCUT2D eigenvalue weighted by Crippen LogP contribution is 2.42. The van der Waals surface area contributed by atoms with Gasteiger partial charge in [0.05, 0.1) is 19.3 Å². The van der Waals surface area contributed by atoms with Crippen molar-refractivity contribution in [3.8, 4) is 11.5 Å². The number of thiophene rings is 1. The second-order valence-corrected chi connectivity index (χ2v) is 8.69. The van der Waals surface area contributed by atoms with Gasteiger partial charge in [-0.2, -0.15) is 0 Å². The fourth-order valence-electron chi connectivity index (χ4n) is 3.68.